The number of benzene rings is 2. The van der Waals surface area contributed by atoms with Crippen LogP contribution in [0.15, 0.2) is 59.1 Å². The van der Waals surface area contributed by atoms with Crippen molar-refractivity contribution in [1.82, 2.24) is 16.2 Å². The molecular formula is C25H34BrN3O3. The van der Waals surface area contributed by atoms with Gasteiger partial charge < -0.3 is 10.1 Å². The topological polar surface area (TPSA) is 79.5 Å². The third kappa shape index (κ3) is 7.95. The molecule has 3 N–H and O–H groups in total. The highest BCUT2D eigenvalue weighted by Crippen LogP contribution is 2.34. The van der Waals surface area contributed by atoms with Gasteiger partial charge >= 0.3 is 6.09 Å². The second-order valence-corrected chi connectivity index (χ2v) is 9.77. The van der Waals surface area contributed by atoms with E-state index in [1.165, 1.54) is 0 Å². The van der Waals surface area contributed by atoms with Crippen LogP contribution in [0.1, 0.15) is 55.3 Å². The van der Waals surface area contributed by atoms with Crippen LogP contribution in [0, 0.1) is 5.41 Å². The Morgan fingerprint density at radius 2 is 1.81 bits per heavy atom. The molecule has 0 aromatic heterocycles. The largest absolute Gasteiger partial charge is 0.445 e. The van der Waals surface area contributed by atoms with Gasteiger partial charge in [0.15, 0.2) is 0 Å². The van der Waals surface area contributed by atoms with Crippen LogP contribution < -0.4 is 16.2 Å². The summed E-state index contributed by atoms with van der Waals surface area (Å²) in [6, 6.07) is 16.9. The standard InChI is InChI=1S/C25H34BrN3O3/c1-24(2,18-28-23(31)32-17-19-10-6-5-7-11-19)14-9-15-25(3,22(30)29-27-4)20-12-8-13-21(26)16-20/h5-8,10-13,16,27H,9,14-15,17-18H2,1-4H3,(H,28,31)(H,29,30)/i4D3. The molecule has 2 aromatic rings. The molecule has 0 fully saturated rings. The lowest BCUT2D eigenvalue weighted by Gasteiger charge is -2.31. The highest BCUT2D eigenvalue weighted by atomic mass is 79.9. The highest BCUT2D eigenvalue weighted by molar-refractivity contribution is 9.10. The summed E-state index contributed by atoms with van der Waals surface area (Å²) in [7, 11) is 0. The molecule has 32 heavy (non-hydrogen) atoms. The number of hydrogen-bond acceptors (Lipinski definition) is 4. The molecule has 0 heterocycles. The summed E-state index contributed by atoms with van der Waals surface area (Å²) in [6.07, 6.45) is 1.42. The van der Waals surface area contributed by atoms with Crippen LogP contribution in [0.2, 0.25) is 0 Å². The first-order chi connectivity index (χ1) is 16.3. The minimum atomic E-state index is -2.49. The smallest absolute Gasteiger partial charge is 0.407 e. The number of carbonyl (C=O) groups excluding carboxylic acids is 2. The summed E-state index contributed by atoms with van der Waals surface area (Å²) < 4.78 is 28.0. The van der Waals surface area contributed by atoms with Crippen molar-refractivity contribution in [2.24, 2.45) is 5.41 Å². The van der Waals surface area contributed by atoms with Crippen molar-refractivity contribution < 1.29 is 18.4 Å². The van der Waals surface area contributed by atoms with Gasteiger partial charge in [-0.1, -0.05) is 78.7 Å². The van der Waals surface area contributed by atoms with Crippen molar-refractivity contribution in [2.45, 2.75) is 52.1 Å². The van der Waals surface area contributed by atoms with Crippen LogP contribution in [0.5, 0.6) is 0 Å². The first-order valence-electron chi connectivity index (χ1n) is 12.1. The molecule has 0 spiro atoms. The maximum absolute atomic E-state index is 13.1. The molecule has 6 nitrogen and oxygen atoms in total. The number of ether oxygens (including phenoxy) is 1. The summed E-state index contributed by atoms with van der Waals surface area (Å²) in [5.74, 6) is -0.424. The molecule has 0 aliphatic rings. The molecule has 1 unspecified atom stereocenters. The van der Waals surface area contributed by atoms with E-state index < -0.39 is 24.4 Å². The van der Waals surface area contributed by atoms with Crippen LogP contribution in [0.4, 0.5) is 4.79 Å². The predicted octanol–water partition coefficient (Wildman–Crippen LogP) is 5.08. The second kappa shape index (κ2) is 12.0. The summed E-state index contributed by atoms with van der Waals surface area (Å²) in [5.41, 5.74) is 4.95. The lowest BCUT2D eigenvalue weighted by atomic mass is 9.75. The van der Waals surface area contributed by atoms with E-state index in [0.717, 1.165) is 22.0 Å². The van der Waals surface area contributed by atoms with Gasteiger partial charge in [-0.3, -0.25) is 10.2 Å². The molecule has 2 amide bonds. The normalized spacial score (nSPS) is 14.9. The monoisotopic (exact) mass is 506 g/mol. The zero-order valence-electron chi connectivity index (χ0n) is 21.8. The number of halogens is 1. The number of alkyl carbamates (subject to hydrolysis) is 1. The van der Waals surface area contributed by atoms with E-state index in [-0.39, 0.29) is 12.0 Å². The summed E-state index contributed by atoms with van der Waals surface area (Å²) in [5, 5.41) is 2.82. The quantitative estimate of drug-likeness (QED) is 0.371. The number of nitrogens with one attached hydrogen (secondary N) is 3. The van der Waals surface area contributed by atoms with Gasteiger partial charge in [0.1, 0.15) is 6.61 Å². The summed E-state index contributed by atoms with van der Waals surface area (Å²) in [4.78, 5) is 25.2. The molecule has 174 valence electrons. The van der Waals surface area contributed by atoms with Crippen molar-refractivity contribution in [3.05, 3.63) is 70.2 Å². The Balaban J connectivity index is 1.94. The minimum absolute atomic E-state index is 0.206. The maximum Gasteiger partial charge on any atom is 0.407 e. The van der Waals surface area contributed by atoms with E-state index >= 15 is 0 Å². The van der Waals surface area contributed by atoms with E-state index in [1.54, 1.807) is 6.92 Å². The van der Waals surface area contributed by atoms with Gasteiger partial charge in [-0.25, -0.2) is 10.2 Å². The van der Waals surface area contributed by atoms with Crippen LogP contribution in [-0.2, 0) is 21.6 Å². The zero-order chi connectivity index (χ0) is 26.1. The zero-order valence-corrected chi connectivity index (χ0v) is 20.4. The first-order valence-corrected chi connectivity index (χ1v) is 11.4. The number of amides is 2. The van der Waals surface area contributed by atoms with Gasteiger partial charge in [0, 0.05) is 22.1 Å². The van der Waals surface area contributed by atoms with Gasteiger partial charge in [0.25, 0.3) is 0 Å². The van der Waals surface area contributed by atoms with Gasteiger partial charge in [-0.15, -0.1) is 0 Å². The molecule has 0 saturated heterocycles. The molecule has 0 radical (unpaired) electrons. The van der Waals surface area contributed by atoms with Crippen molar-refractivity contribution in [2.75, 3.05) is 13.5 Å². The fourth-order valence-corrected chi connectivity index (χ4v) is 3.91. The van der Waals surface area contributed by atoms with E-state index in [4.69, 9.17) is 8.85 Å². The Labute approximate surface area is 203 Å². The van der Waals surface area contributed by atoms with E-state index in [2.05, 4.69) is 32.1 Å². The number of rotatable bonds is 11. The first kappa shape index (κ1) is 21.5. The molecular weight excluding hydrogens is 470 g/mol. The number of hydrogen-bond donors (Lipinski definition) is 3. The minimum Gasteiger partial charge on any atom is -0.445 e. The number of hydrazine groups is 1. The lowest BCUT2D eigenvalue weighted by molar-refractivity contribution is -0.127. The predicted molar refractivity (Wildman–Crippen MR) is 131 cm³/mol. The third-order valence-corrected chi connectivity index (χ3v) is 6.09. The van der Waals surface area contributed by atoms with E-state index in [1.807, 2.05) is 68.4 Å². The second-order valence-electron chi connectivity index (χ2n) is 8.85. The molecule has 0 aliphatic heterocycles. The molecule has 1 atom stereocenters. The fourth-order valence-electron chi connectivity index (χ4n) is 3.51. The Bertz CT molecular complexity index is 987. The van der Waals surface area contributed by atoms with Crippen molar-refractivity contribution in [3.8, 4) is 0 Å². The molecule has 2 aromatic carbocycles. The number of carbonyl (C=O) groups is 2. The Kier molecular flexibility index (Phi) is 8.06. The Morgan fingerprint density at radius 1 is 1.06 bits per heavy atom. The van der Waals surface area contributed by atoms with Gasteiger partial charge in [0.2, 0.25) is 5.91 Å². The van der Waals surface area contributed by atoms with Gasteiger partial charge in [0.05, 0.1) is 5.41 Å². The summed E-state index contributed by atoms with van der Waals surface area (Å²) in [6.45, 7) is 4.01. The van der Waals surface area contributed by atoms with Gasteiger partial charge in [-0.2, -0.15) is 0 Å². The summed E-state index contributed by atoms with van der Waals surface area (Å²) >= 11 is 3.45. The average molecular weight is 507 g/mol. The maximum atomic E-state index is 13.1. The van der Waals surface area contributed by atoms with Crippen LogP contribution >= 0.6 is 15.9 Å². The van der Waals surface area contributed by atoms with Crippen LogP contribution in [0.25, 0.3) is 0 Å². The average Bonchev–Trinajstić information content (AvgIpc) is 2.80. The van der Waals surface area contributed by atoms with Crippen LogP contribution in [-0.4, -0.2) is 25.5 Å². The van der Waals surface area contributed by atoms with Crippen molar-refractivity contribution in [1.29, 1.82) is 0 Å². The van der Waals surface area contributed by atoms with E-state index in [9.17, 15) is 9.59 Å². The lowest BCUT2D eigenvalue weighted by Crippen LogP contribution is -2.47. The molecule has 0 bridgehead atoms. The molecule has 2 rings (SSSR count). The van der Waals surface area contributed by atoms with Crippen LogP contribution in [0.3, 0.4) is 0 Å². The molecule has 0 saturated carbocycles. The van der Waals surface area contributed by atoms with Gasteiger partial charge in [-0.05, 0) is 48.4 Å². The van der Waals surface area contributed by atoms with Crippen molar-refractivity contribution in [3.63, 3.8) is 0 Å². The van der Waals surface area contributed by atoms with Crippen molar-refractivity contribution >= 4 is 27.9 Å². The Morgan fingerprint density at radius 3 is 2.50 bits per heavy atom. The fraction of sp³-hybridized carbons (Fsp3) is 0.440. The molecule has 0 aliphatic carbocycles. The SMILES string of the molecule is [2H]C([2H])([2H])NNC(=O)C(C)(CCCC(C)(C)CNC(=O)OCc1ccccc1)c1cccc(Br)c1. The third-order valence-electron chi connectivity index (χ3n) is 5.59. The van der Waals surface area contributed by atoms with E-state index in [0.29, 0.717) is 19.4 Å². The highest BCUT2D eigenvalue weighted by Gasteiger charge is 2.35. The molecule has 7 heteroatoms. The Hall–Kier alpha value is -2.38.